The summed E-state index contributed by atoms with van der Waals surface area (Å²) in [5, 5.41) is 15.3. The van der Waals surface area contributed by atoms with E-state index in [1.165, 1.54) is 13.0 Å². The van der Waals surface area contributed by atoms with Crippen LogP contribution in [0.3, 0.4) is 0 Å². The van der Waals surface area contributed by atoms with Gasteiger partial charge in [-0.05, 0) is 73.5 Å². The monoisotopic (exact) mass is 514 g/mol. The minimum atomic E-state index is -1.30. The van der Waals surface area contributed by atoms with Crippen LogP contribution in [0.25, 0.3) is 10.8 Å². The van der Waals surface area contributed by atoms with Crippen molar-refractivity contribution in [1.82, 2.24) is 0 Å². The molecule has 4 aromatic carbocycles. The molecule has 0 radical (unpaired) electrons. The van der Waals surface area contributed by atoms with E-state index >= 15 is 0 Å². The van der Waals surface area contributed by atoms with E-state index in [1.807, 2.05) is 38.1 Å². The number of amides is 2. The molecule has 0 aliphatic rings. The number of nitrogens with one attached hydrogen (secondary N) is 1. The number of fused-ring (bicyclic) bond motifs is 1. The molecule has 2 N–H and O–H groups in total. The van der Waals surface area contributed by atoms with E-state index in [0.29, 0.717) is 21.5 Å². The fourth-order valence-electron chi connectivity index (χ4n) is 4.71. The third kappa shape index (κ3) is 4.80. The number of carboxylic acids is 1. The summed E-state index contributed by atoms with van der Waals surface area (Å²) in [5.41, 5.74) is 4.33. The Morgan fingerprint density at radius 1 is 0.811 bits per heavy atom. The predicted molar refractivity (Wildman–Crippen MR) is 149 cm³/mol. The van der Waals surface area contributed by atoms with Crippen LogP contribution in [0.5, 0.6) is 0 Å². The van der Waals surface area contributed by atoms with Gasteiger partial charge < -0.3 is 10.4 Å². The summed E-state index contributed by atoms with van der Waals surface area (Å²) in [7, 11) is 0. The van der Waals surface area contributed by atoms with Gasteiger partial charge in [-0.3, -0.25) is 9.59 Å². The molecule has 188 valence electrons. The van der Waals surface area contributed by atoms with Crippen LogP contribution in [-0.4, -0.2) is 22.9 Å². The summed E-state index contributed by atoms with van der Waals surface area (Å²) >= 11 is 6.30. The number of benzene rings is 4. The second kappa shape index (κ2) is 10.1. The predicted octanol–water partition coefficient (Wildman–Crippen LogP) is 7.36. The number of carbonyl (C=O) groups is 3. The smallest absolute Gasteiger partial charge is 0.338 e. The van der Waals surface area contributed by atoms with Crippen molar-refractivity contribution in [2.75, 3.05) is 10.2 Å². The average Bonchev–Trinajstić information content (AvgIpc) is 2.82. The molecule has 0 heterocycles. The first-order valence-corrected chi connectivity index (χ1v) is 12.1. The Bertz CT molecular complexity index is 1550. The number of carboxylic acid groups (broad SMARTS) is 1. The van der Waals surface area contributed by atoms with Gasteiger partial charge in [0, 0.05) is 23.0 Å². The van der Waals surface area contributed by atoms with Crippen molar-refractivity contribution in [2.45, 2.75) is 34.6 Å². The minimum absolute atomic E-state index is 0.103. The van der Waals surface area contributed by atoms with Gasteiger partial charge in [-0.2, -0.15) is 0 Å². The molecule has 0 unspecified atom stereocenters. The van der Waals surface area contributed by atoms with Crippen LogP contribution in [0.2, 0.25) is 5.02 Å². The van der Waals surface area contributed by atoms with Gasteiger partial charge in [-0.1, -0.05) is 54.1 Å². The second-order valence-corrected chi connectivity index (χ2v) is 9.57. The van der Waals surface area contributed by atoms with Crippen LogP contribution in [-0.2, 0) is 4.79 Å². The zero-order valence-corrected chi connectivity index (χ0v) is 22.0. The zero-order valence-electron chi connectivity index (χ0n) is 21.3. The molecular formula is C30H27ClN2O4. The van der Waals surface area contributed by atoms with Crippen molar-refractivity contribution in [2.24, 2.45) is 0 Å². The lowest BCUT2D eigenvalue weighted by atomic mass is 9.95. The first-order valence-electron chi connectivity index (χ1n) is 11.7. The number of carbonyl (C=O) groups excluding carboxylic acids is 2. The van der Waals surface area contributed by atoms with E-state index in [9.17, 15) is 19.5 Å². The number of rotatable bonds is 5. The molecule has 0 spiro atoms. The van der Waals surface area contributed by atoms with E-state index in [-0.39, 0.29) is 16.8 Å². The summed E-state index contributed by atoms with van der Waals surface area (Å²) in [4.78, 5) is 40.7. The number of imide groups is 1. The Morgan fingerprint density at radius 3 is 1.92 bits per heavy atom. The van der Waals surface area contributed by atoms with E-state index in [1.54, 1.807) is 44.2 Å². The Balaban J connectivity index is 2.05. The highest BCUT2D eigenvalue weighted by molar-refractivity contribution is 6.32. The molecule has 0 fully saturated rings. The minimum Gasteiger partial charge on any atom is -0.478 e. The van der Waals surface area contributed by atoms with Crippen molar-refractivity contribution in [3.63, 3.8) is 0 Å². The van der Waals surface area contributed by atoms with E-state index in [2.05, 4.69) is 5.32 Å². The Labute approximate surface area is 220 Å². The number of halogens is 1. The van der Waals surface area contributed by atoms with Gasteiger partial charge >= 0.3 is 5.97 Å². The van der Waals surface area contributed by atoms with E-state index < -0.39 is 17.8 Å². The summed E-state index contributed by atoms with van der Waals surface area (Å²) in [6.45, 7) is 8.73. The molecule has 2 amide bonds. The standard InChI is InChI=1S/C30H27ClN2O4/c1-16-8-6-9-17(2)26(16)32-27-23-15-22(31)13-12-21(23)14-24(25(27)30(36)37)29(35)33(20(5)34)28-18(3)10-7-11-19(28)4/h6-15,32H,1-5H3,(H,36,37). The number of hydrogen-bond acceptors (Lipinski definition) is 4. The molecule has 4 rings (SSSR count). The third-order valence-corrected chi connectivity index (χ3v) is 6.70. The highest BCUT2D eigenvalue weighted by Gasteiger charge is 2.31. The largest absolute Gasteiger partial charge is 0.478 e. The fourth-order valence-corrected chi connectivity index (χ4v) is 4.88. The van der Waals surface area contributed by atoms with Crippen molar-refractivity contribution in [3.8, 4) is 0 Å². The maximum Gasteiger partial charge on any atom is 0.338 e. The van der Waals surface area contributed by atoms with Crippen LogP contribution in [0.15, 0.2) is 60.7 Å². The molecule has 4 aromatic rings. The lowest BCUT2D eigenvalue weighted by molar-refractivity contribution is -0.116. The molecular weight excluding hydrogens is 488 g/mol. The van der Waals surface area contributed by atoms with Crippen molar-refractivity contribution < 1.29 is 19.5 Å². The van der Waals surface area contributed by atoms with Crippen LogP contribution in [0, 0.1) is 27.7 Å². The molecule has 0 saturated carbocycles. The highest BCUT2D eigenvalue weighted by Crippen LogP contribution is 2.38. The lowest BCUT2D eigenvalue weighted by Gasteiger charge is -2.25. The fraction of sp³-hybridized carbons (Fsp3) is 0.167. The summed E-state index contributed by atoms with van der Waals surface area (Å²) < 4.78 is 0. The normalized spacial score (nSPS) is 10.9. The van der Waals surface area contributed by atoms with Gasteiger partial charge in [0.25, 0.3) is 5.91 Å². The molecule has 0 aliphatic heterocycles. The molecule has 0 bridgehead atoms. The van der Waals surface area contributed by atoms with Gasteiger partial charge in [-0.15, -0.1) is 0 Å². The summed E-state index contributed by atoms with van der Waals surface area (Å²) in [6, 6.07) is 17.8. The Morgan fingerprint density at radius 2 is 1.38 bits per heavy atom. The lowest BCUT2D eigenvalue weighted by Crippen LogP contribution is -2.37. The Kier molecular flexibility index (Phi) is 7.05. The molecule has 0 atom stereocenters. The highest BCUT2D eigenvalue weighted by atomic mass is 35.5. The van der Waals surface area contributed by atoms with Gasteiger partial charge in [0.05, 0.1) is 22.5 Å². The number of anilines is 3. The number of para-hydroxylation sites is 2. The number of aryl methyl sites for hydroxylation is 4. The number of aromatic carboxylic acids is 1. The topological polar surface area (TPSA) is 86.7 Å². The van der Waals surface area contributed by atoms with Crippen molar-refractivity contribution in [1.29, 1.82) is 0 Å². The quantitative estimate of drug-likeness (QED) is 0.290. The van der Waals surface area contributed by atoms with Crippen molar-refractivity contribution >= 4 is 57.2 Å². The van der Waals surface area contributed by atoms with E-state index in [0.717, 1.165) is 32.8 Å². The number of nitrogens with zero attached hydrogens (tertiary/aromatic N) is 1. The molecule has 37 heavy (non-hydrogen) atoms. The van der Waals surface area contributed by atoms with Crippen LogP contribution < -0.4 is 10.2 Å². The number of hydrogen-bond donors (Lipinski definition) is 2. The molecule has 7 heteroatoms. The van der Waals surface area contributed by atoms with Crippen LogP contribution in [0.1, 0.15) is 49.9 Å². The van der Waals surface area contributed by atoms with Gasteiger partial charge in [0.1, 0.15) is 0 Å². The average molecular weight is 515 g/mol. The molecule has 0 saturated heterocycles. The van der Waals surface area contributed by atoms with E-state index in [4.69, 9.17) is 11.6 Å². The Hall–Kier alpha value is -4.16. The molecule has 0 aromatic heterocycles. The van der Waals surface area contributed by atoms with Gasteiger partial charge in [0.2, 0.25) is 5.91 Å². The van der Waals surface area contributed by atoms with Crippen LogP contribution in [0.4, 0.5) is 17.1 Å². The third-order valence-electron chi connectivity index (χ3n) is 6.46. The second-order valence-electron chi connectivity index (χ2n) is 9.14. The first kappa shape index (κ1) is 25.9. The maximum absolute atomic E-state index is 14.1. The molecule has 6 nitrogen and oxygen atoms in total. The SMILES string of the molecule is CC(=O)N(C(=O)c1cc2ccc(Cl)cc2c(Nc2c(C)cccc2C)c1C(=O)O)c1c(C)cccc1C. The van der Waals surface area contributed by atoms with Crippen molar-refractivity contribution in [3.05, 3.63) is 99.1 Å². The van der Waals surface area contributed by atoms with Gasteiger partial charge in [-0.25, -0.2) is 9.69 Å². The molecule has 0 aliphatic carbocycles. The zero-order chi connectivity index (χ0) is 27.0. The first-order chi connectivity index (χ1) is 17.5. The maximum atomic E-state index is 14.1. The van der Waals surface area contributed by atoms with Crippen LogP contribution >= 0.6 is 11.6 Å². The summed E-state index contributed by atoms with van der Waals surface area (Å²) in [5.74, 6) is -2.54. The van der Waals surface area contributed by atoms with Gasteiger partial charge in [0.15, 0.2) is 0 Å². The summed E-state index contributed by atoms with van der Waals surface area (Å²) in [6.07, 6.45) is 0.